The van der Waals surface area contributed by atoms with E-state index in [0.29, 0.717) is 12.7 Å². The molecule has 0 aliphatic carbocycles. The van der Waals surface area contributed by atoms with E-state index in [0.717, 1.165) is 12.2 Å². The lowest BCUT2D eigenvalue weighted by atomic mass is 10.3. The first-order valence-electron chi connectivity index (χ1n) is 4.32. The third-order valence-corrected chi connectivity index (χ3v) is 4.24. The van der Waals surface area contributed by atoms with Gasteiger partial charge >= 0.3 is 6.00 Å². The first kappa shape index (κ1) is 12.2. The molecule has 1 rings (SSSR count). The molecule has 0 saturated carbocycles. The normalized spacial score (nSPS) is 11.4. The third-order valence-electron chi connectivity index (χ3n) is 1.62. The molecule has 0 aliphatic heterocycles. The van der Waals surface area contributed by atoms with E-state index < -0.39 is 6.00 Å². The summed E-state index contributed by atoms with van der Waals surface area (Å²) in [5.74, 6) is 0.860. The van der Waals surface area contributed by atoms with Crippen molar-refractivity contribution in [3.63, 3.8) is 0 Å². The van der Waals surface area contributed by atoms with E-state index in [9.17, 15) is 0 Å². The van der Waals surface area contributed by atoms with Crippen LogP contribution in [0.25, 0.3) is 0 Å². The van der Waals surface area contributed by atoms with E-state index in [1.54, 1.807) is 0 Å². The lowest BCUT2D eigenvalue weighted by Gasteiger charge is -2.08. The number of halogens is 3. The van der Waals surface area contributed by atoms with E-state index in [1.165, 1.54) is 0 Å². The minimum Gasteiger partial charge on any atom is -0.494 e. The Labute approximate surface area is 99.0 Å². The Morgan fingerprint density at radius 2 is 1.71 bits per heavy atom. The van der Waals surface area contributed by atoms with Crippen LogP contribution in [0, 0.1) is 0 Å². The molecule has 0 radical (unpaired) electrons. The minimum absolute atomic E-state index is 0.602. The van der Waals surface area contributed by atoms with Crippen molar-refractivity contribution >= 4 is 39.2 Å². The summed E-state index contributed by atoms with van der Waals surface area (Å²) in [6.45, 7) is 0.602. The molecule has 0 N–H and O–H groups in total. The third kappa shape index (κ3) is 5.76. The molecule has 0 bridgehead atoms. The monoisotopic (exact) mass is 268 g/mol. The molecule has 0 spiro atoms. The second-order valence-corrected chi connectivity index (χ2v) is 12.2. The van der Waals surface area contributed by atoms with Crippen molar-refractivity contribution in [1.82, 2.24) is 0 Å². The first-order valence-corrected chi connectivity index (χ1v) is 9.57. The molecule has 0 aliphatic rings. The average Bonchev–Trinajstić information content (AvgIpc) is 2.13. The van der Waals surface area contributed by atoms with E-state index in [4.69, 9.17) is 38.0 Å². The molecule has 0 atom stereocenters. The Morgan fingerprint density at radius 3 is 2.29 bits per heavy atom. The molecule has 78 valence electrons. The summed E-state index contributed by atoms with van der Waals surface area (Å²) < 4.78 is 5.45. The fraction of sp³-hybridized carbons (Fsp3) is 0.333. The maximum Gasteiger partial charge on any atom is 0.341 e. The van der Waals surface area contributed by atoms with Crippen molar-refractivity contribution in [2.24, 2.45) is 0 Å². The molecule has 0 unspecified atom stereocenters. The number of hydrogen-bond acceptors (Lipinski definition) is 1. The Bertz CT molecular complexity index is 261. The fourth-order valence-corrected chi connectivity index (χ4v) is 2.73. The quantitative estimate of drug-likeness (QED) is 0.444. The van der Waals surface area contributed by atoms with Crippen LogP contribution in [0.15, 0.2) is 30.3 Å². The molecule has 0 fully saturated rings. The predicted octanol–water partition coefficient (Wildman–Crippen LogP) is 4.11. The van der Waals surface area contributed by atoms with Crippen LogP contribution in [-0.4, -0.2) is 12.6 Å². The van der Waals surface area contributed by atoms with E-state index >= 15 is 0 Å². The summed E-state index contributed by atoms with van der Waals surface area (Å²) in [7, 11) is 0. The highest BCUT2D eigenvalue weighted by molar-refractivity contribution is 7.64. The van der Waals surface area contributed by atoms with Crippen LogP contribution in [0.4, 0.5) is 0 Å². The molecular formula is C9H11Cl3OSi. The van der Waals surface area contributed by atoms with Crippen molar-refractivity contribution in [3.05, 3.63) is 30.3 Å². The van der Waals surface area contributed by atoms with E-state index in [1.807, 2.05) is 30.3 Å². The molecule has 14 heavy (non-hydrogen) atoms. The minimum atomic E-state index is -2.46. The largest absolute Gasteiger partial charge is 0.494 e. The van der Waals surface area contributed by atoms with Gasteiger partial charge in [-0.05, 0) is 24.6 Å². The van der Waals surface area contributed by atoms with Crippen LogP contribution in [0.5, 0.6) is 5.75 Å². The Hall–Kier alpha value is 0.107. The lowest BCUT2D eigenvalue weighted by Crippen LogP contribution is -2.10. The predicted molar refractivity (Wildman–Crippen MR) is 64.7 cm³/mol. The number of para-hydroxylation sites is 1. The maximum atomic E-state index is 5.73. The van der Waals surface area contributed by atoms with Crippen LogP contribution < -0.4 is 4.74 Å². The molecular weight excluding hydrogens is 259 g/mol. The number of hydrogen-bond donors (Lipinski definition) is 0. The van der Waals surface area contributed by atoms with Gasteiger partial charge in [-0.1, -0.05) is 18.2 Å². The molecule has 1 nitrogen and oxygen atoms in total. The Kier molecular flexibility index (Phi) is 5.10. The van der Waals surface area contributed by atoms with Gasteiger partial charge in [0.05, 0.1) is 6.61 Å². The second-order valence-electron chi connectivity index (χ2n) is 2.88. The number of rotatable bonds is 5. The Morgan fingerprint density at radius 1 is 1.07 bits per heavy atom. The topological polar surface area (TPSA) is 9.23 Å². The summed E-state index contributed by atoms with van der Waals surface area (Å²) in [5, 5.41) is 0. The summed E-state index contributed by atoms with van der Waals surface area (Å²) in [5.41, 5.74) is 0. The highest BCUT2D eigenvalue weighted by Gasteiger charge is 2.23. The van der Waals surface area contributed by atoms with Crippen LogP contribution in [0.2, 0.25) is 6.04 Å². The summed E-state index contributed by atoms with van der Waals surface area (Å²) in [4.78, 5) is 0. The van der Waals surface area contributed by atoms with Gasteiger partial charge in [0, 0.05) is 0 Å². The second kappa shape index (κ2) is 5.86. The molecule has 0 saturated heterocycles. The number of benzene rings is 1. The molecule has 1 aromatic carbocycles. The highest BCUT2D eigenvalue weighted by Crippen LogP contribution is 2.26. The van der Waals surface area contributed by atoms with Gasteiger partial charge in [-0.25, -0.2) is 0 Å². The van der Waals surface area contributed by atoms with Gasteiger partial charge in [-0.15, -0.1) is 33.2 Å². The summed E-state index contributed by atoms with van der Waals surface area (Å²) in [6.07, 6.45) is 0.789. The average molecular weight is 270 g/mol. The summed E-state index contributed by atoms with van der Waals surface area (Å²) in [6, 6.07) is 7.81. The van der Waals surface area contributed by atoms with Crippen LogP contribution in [0.1, 0.15) is 6.42 Å². The highest BCUT2D eigenvalue weighted by atomic mass is 35.8. The Balaban J connectivity index is 2.17. The van der Waals surface area contributed by atoms with Gasteiger partial charge in [0.1, 0.15) is 5.75 Å². The summed E-state index contributed by atoms with van der Waals surface area (Å²) >= 11 is 17.2. The van der Waals surface area contributed by atoms with Gasteiger partial charge in [0.25, 0.3) is 0 Å². The van der Waals surface area contributed by atoms with E-state index in [2.05, 4.69) is 0 Å². The van der Waals surface area contributed by atoms with Crippen molar-refractivity contribution in [2.45, 2.75) is 12.5 Å². The van der Waals surface area contributed by atoms with E-state index in [-0.39, 0.29) is 0 Å². The van der Waals surface area contributed by atoms with Crippen molar-refractivity contribution < 1.29 is 4.74 Å². The smallest absolute Gasteiger partial charge is 0.341 e. The molecule has 0 heterocycles. The SMILES string of the molecule is Cl[Si](Cl)(Cl)CCCOc1ccccc1. The van der Waals surface area contributed by atoms with Crippen molar-refractivity contribution in [2.75, 3.05) is 6.61 Å². The zero-order chi connectivity index (χ0) is 10.4. The zero-order valence-corrected chi connectivity index (χ0v) is 10.8. The van der Waals surface area contributed by atoms with Crippen molar-refractivity contribution in [1.29, 1.82) is 0 Å². The van der Waals surface area contributed by atoms with Crippen LogP contribution in [-0.2, 0) is 0 Å². The van der Waals surface area contributed by atoms with Gasteiger partial charge in [-0.3, -0.25) is 0 Å². The lowest BCUT2D eigenvalue weighted by molar-refractivity contribution is 0.317. The molecule has 0 amide bonds. The maximum absolute atomic E-state index is 5.73. The van der Waals surface area contributed by atoms with Gasteiger partial charge < -0.3 is 4.74 Å². The molecule has 0 aromatic heterocycles. The first-order chi connectivity index (χ1) is 6.58. The van der Waals surface area contributed by atoms with Gasteiger partial charge in [-0.2, -0.15) is 0 Å². The van der Waals surface area contributed by atoms with Crippen LogP contribution >= 0.6 is 33.2 Å². The van der Waals surface area contributed by atoms with Gasteiger partial charge in [0.2, 0.25) is 0 Å². The standard InChI is InChI=1S/C9H11Cl3OSi/c10-14(11,12)8-4-7-13-9-5-2-1-3-6-9/h1-3,5-6H,4,7-8H2. The zero-order valence-electron chi connectivity index (χ0n) is 7.55. The fourth-order valence-electron chi connectivity index (χ4n) is 0.979. The molecule has 1 aromatic rings. The molecule has 5 heteroatoms. The van der Waals surface area contributed by atoms with Crippen molar-refractivity contribution in [3.8, 4) is 5.75 Å². The van der Waals surface area contributed by atoms with Crippen LogP contribution in [0.3, 0.4) is 0 Å². The van der Waals surface area contributed by atoms with Gasteiger partial charge in [0.15, 0.2) is 0 Å². The number of ether oxygens (including phenoxy) is 1.